The minimum Gasteiger partial charge on any atom is -0.492 e. The highest BCUT2D eigenvalue weighted by molar-refractivity contribution is 8.13. The van der Waals surface area contributed by atoms with E-state index >= 15 is 0 Å². The lowest BCUT2D eigenvalue weighted by atomic mass is 9.82. The molecule has 0 saturated carbocycles. The molecule has 4 nitrogen and oxygen atoms in total. The maximum absolute atomic E-state index is 11.5. The van der Waals surface area contributed by atoms with Gasteiger partial charge in [-0.1, -0.05) is 32.9 Å². The van der Waals surface area contributed by atoms with Crippen molar-refractivity contribution >= 4 is 25.5 Å². The van der Waals surface area contributed by atoms with Crippen LogP contribution < -0.4 is 4.74 Å². The highest BCUT2D eigenvalue weighted by Crippen LogP contribution is 2.29. The molecule has 0 fully saturated rings. The molecule has 118 valence electrons. The quantitative estimate of drug-likeness (QED) is 0.591. The Balaban J connectivity index is 2.90. The van der Waals surface area contributed by atoms with E-state index in [1.807, 2.05) is 20.8 Å². The van der Waals surface area contributed by atoms with Crippen molar-refractivity contribution in [2.24, 2.45) is 11.3 Å². The zero-order chi connectivity index (χ0) is 16.3. The van der Waals surface area contributed by atoms with Crippen LogP contribution in [0.25, 0.3) is 0 Å². The maximum atomic E-state index is 11.5. The molecule has 1 atom stereocenters. The number of ether oxygens (including phenoxy) is 1. The number of hydrogen-bond donors (Lipinski definition) is 0. The summed E-state index contributed by atoms with van der Waals surface area (Å²) < 4.78 is 28.4. The summed E-state index contributed by atoms with van der Waals surface area (Å²) in [6, 6.07) is 6.91. The molecular formula is C15H21ClO4S. The van der Waals surface area contributed by atoms with Crippen molar-refractivity contribution in [1.82, 2.24) is 0 Å². The van der Waals surface area contributed by atoms with Crippen molar-refractivity contribution in [2.45, 2.75) is 27.7 Å². The zero-order valence-electron chi connectivity index (χ0n) is 12.7. The van der Waals surface area contributed by atoms with Crippen LogP contribution in [0, 0.1) is 11.3 Å². The van der Waals surface area contributed by atoms with E-state index in [4.69, 9.17) is 15.4 Å². The van der Waals surface area contributed by atoms with Gasteiger partial charge in [0.05, 0.1) is 17.9 Å². The van der Waals surface area contributed by atoms with Gasteiger partial charge >= 0.3 is 0 Å². The van der Waals surface area contributed by atoms with Gasteiger partial charge in [0, 0.05) is 16.6 Å². The van der Waals surface area contributed by atoms with Crippen LogP contribution in [0.15, 0.2) is 24.3 Å². The first-order valence-electron chi connectivity index (χ1n) is 6.66. The fourth-order valence-corrected chi connectivity index (χ4v) is 3.40. The van der Waals surface area contributed by atoms with Gasteiger partial charge in [-0.3, -0.25) is 4.79 Å². The molecule has 21 heavy (non-hydrogen) atoms. The minimum absolute atomic E-state index is 0.0946. The molecule has 0 saturated heterocycles. The number of benzene rings is 1. The highest BCUT2D eigenvalue weighted by atomic mass is 35.7. The first-order chi connectivity index (χ1) is 9.50. The van der Waals surface area contributed by atoms with E-state index < -0.39 is 9.05 Å². The molecule has 0 radical (unpaired) electrons. The smallest absolute Gasteiger partial charge is 0.233 e. The normalized spacial score (nSPS) is 13.8. The molecule has 0 amide bonds. The number of Topliss-reactive ketones (excluding diaryl/α,β-unsaturated/α-hetero) is 1. The summed E-state index contributed by atoms with van der Waals surface area (Å²) in [5.74, 6) is -0.0746. The first-order valence-corrected chi connectivity index (χ1v) is 9.13. The molecule has 0 heterocycles. The van der Waals surface area contributed by atoms with Crippen molar-refractivity contribution in [1.29, 1.82) is 0 Å². The Kier molecular flexibility index (Phi) is 5.82. The maximum Gasteiger partial charge on any atom is 0.233 e. The third-order valence-electron chi connectivity index (χ3n) is 3.33. The van der Waals surface area contributed by atoms with Crippen molar-refractivity contribution in [3.63, 3.8) is 0 Å². The van der Waals surface area contributed by atoms with Gasteiger partial charge in [0.1, 0.15) is 5.75 Å². The molecule has 0 N–H and O–H groups in total. The monoisotopic (exact) mass is 332 g/mol. The number of halogens is 1. The van der Waals surface area contributed by atoms with E-state index in [1.54, 1.807) is 24.3 Å². The molecule has 0 aliphatic rings. The Labute approximate surface area is 130 Å². The third-order valence-corrected chi connectivity index (χ3v) is 4.51. The predicted octanol–water partition coefficient (Wildman–Crippen LogP) is 3.50. The van der Waals surface area contributed by atoms with Gasteiger partial charge in [-0.2, -0.15) is 0 Å². The number of ketones is 1. The van der Waals surface area contributed by atoms with Crippen molar-refractivity contribution < 1.29 is 17.9 Å². The summed E-state index contributed by atoms with van der Waals surface area (Å²) in [6.07, 6.45) is 0. The number of rotatable bonds is 6. The van der Waals surface area contributed by atoms with Crippen LogP contribution in [0.4, 0.5) is 0 Å². The molecule has 0 aliphatic carbocycles. The average Bonchev–Trinajstić information content (AvgIpc) is 2.32. The Morgan fingerprint density at radius 3 is 2.33 bits per heavy atom. The summed E-state index contributed by atoms with van der Waals surface area (Å²) in [5, 5.41) is 0. The van der Waals surface area contributed by atoms with Crippen LogP contribution in [0.5, 0.6) is 5.75 Å². The van der Waals surface area contributed by atoms with Gasteiger partial charge in [0.2, 0.25) is 9.05 Å². The highest BCUT2D eigenvalue weighted by Gasteiger charge is 2.30. The van der Waals surface area contributed by atoms with E-state index in [2.05, 4.69) is 0 Å². The third kappa shape index (κ3) is 6.06. The number of carbonyl (C=O) groups is 1. The van der Waals surface area contributed by atoms with Crippen molar-refractivity contribution in [3.8, 4) is 5.75 Å². The van der Waals surface area contributed by atoms with Crippen LogP contribution in [0.2, 0.25) is 0 Å². The second-order valence-corrected chi connectivity index (χ2v) is 8.95. The SMILES string of the molecule is CC(=O)c1ccccc1OCC(CS(=O)(=O)Cl)C(C)(C)C. The number of carbonyl (C=O) groups excluding carboxylic acids is 1. The predicted molar refractivity (Wildman–Crippen MR) is 84.5 cm³/mol. The fourth-order valence-electron chi connectivity index (χ4n) is 1.86. The molecule has 1 rings (SSSR count). The Bertz CT molecular complexity index is 602. The average molecular weight is 333 g/mol. The molecule has 1 aromatic carbocycles. The molecule has 1 unspecified atom stereocenters. The molecule has 0 aromatic heterocycles. The van der Waals surface area contributed by atoms with Gasteiger partial charge in [-0.25, -0.2) is 8.42 Å². The van der Waals surface area contributed by atoms with E-state index in [0.29, 0.717) is 11.3 Å². The Morgan fingerprint density at radius 1 is 1.29 bits per heavy atom. The second-order valence-electron chi connectivity index (χ2n) is 6.13. The van der Waals surface area contributed by atoms with Crippen LogP contribution in [0.3, 0.4) is 0 Å². The molecule has 0 spiro atoms. The lowest BCUT2D eigenvalue weighted by molar-refractivity contribution is 0.101. The van der Waals surface area contributed by atoms with Gasteiger partial charge in [-0.05, 0) is 24.5 Å². The number of para-hydroxylation sites is 1. The van der Waals surface area contributed by atoms with Crippen molar-refractivity contribution in [2.75, 3.05) is 12.4 Å². The molecular weight excluding hydrogens is 312 g/mol. The first kappa shape index (κ1) is 18.0. The molecule has 0 aliphatic heterocycles. The molecule has 1 aromatic rings. The molecule has 6 heteroatoms. The van der Waals surface area contributed by atoms with Gasteiger partial charge < -0.3 is 4.74 Å². The van der Waals surface area contributed by atoms with Crippen LogP contribution in [-0.4, -0.2) is 26.6 Å². The molecule has 0 bridgehead atoms. The summed E-state index contributed by atoms with van der Waals surface area (Å²) >= 11 is 0. The van der Waals surface area contributed by atoms with Gasteiger partial charge in [0.25, 0.3) is 0 Å². The van der Waals surface area contributed by atoms with Crippen LogP contribution >= 0.6 is 10.7 Å². The van der Waals surface area contributed by atoms with Gasteiger partial charge in [0.15, 0.2) is 5.78 Å². The van der Waals surface area contributed by atoms with E-state index in [0.717, 1.165) is 0 Å². The lowest BCUT2D eigenvalue weighted by Crippen LogP contribution is -2.32. The largest absolute Gasteiger partial charge is 0.492 e. The lowest BCUT2D eigenvalue weighted by Gasteiger charge is -2.29. The Morgan fingerprint density at radius 2 is 1.86 bits per heavy atom. The topological polar surface area (TPSA) is 60.4 Å². The van der Waals surface area contributed by atoms with Crippen LogP contribution in [0.1, 0.15) is 38.1 Å². The second kappa shape index (κ2) is 6.79. The Hall–Kier alpha value is -1.07. The fraction of sp³-hybridized carbons (Fsp3) is 0.533. The summed E-state index contributed by atoms with van der Waals surface area (Å²) in [4.78, 5) is 11.5. The minimum atomic E-state index is -3.61. The van der Waals surface area contributed by atoms with Crippen LogP contribution in [-0.2, 0) is 9.05 Å². The number of hydrogen-bond acceptors (Lipinski definition) is 4. The van der Waals surface area contributed by atoms with E-state index in [1.165, 1.54) is 6.92 Å². The summed E-state index contributed by atoms with van der Waals surface area (Å²) in [6.45, 7) is 7.44. The van der Waals surface area contributed by atoms with Gasteiger partial charge in [-0.15, -0.1) is 0 Å². The van der Waals surface area contributed by atoms with E-state index in [-0.39, 0.29) is 29.5 Å². The zero-order valence-corrected chi connectivity index (χ0v) is 14.3. The van der Waals surface area contributed by atoms with E-state index in [9.17, 15) is 13.2 Å². The summed E-state index contributed by atoms with van der Waals surface area (Å²) in [7, 11) is 1.75. The summed E-state index contributed by atoms with van der Waals surface area (Å²) in [5.41, 5.74) is 0.200. The standard InChI is InChI=1S/C15H21ClO4S/c1-11(17)13-7-5-6-8-14(13)20-9-12(15(2,3)4)10-21(16,18)19/h5-8,12H,9-10H2,1-4H3. The van der Waals surface area contributed by atoms with Crippen molar-refractivity contribution in [3.05, 3.63) is 29.8 Å².